The molecule has 0 bridgehead atoms. The lowest BCUT2D eigenvalue weighted by Gasteiger charge is -2.17. The minimum absolute atomic E-state index is 0.129. The summed E-state index contributed by atoms with van der Waals surface area (Å²) in [6, 6.07) is 8.70. The fraction of sp³-hybridized carbons (Fsp3) is 0.222. The molecule has 130 valence electrons. The van der Waals surface area contributed by atoms with Crippen LogP contribution in [0, 0.1) is 0 Å². The van der Waals surface area contributed by atoms with Crippen molar-refractivity contribution in [2.24, 2.45) is 5.73 Å². The van der Waals surface area contributed by atoms with Gasteiger partial charge < -0.3 is 20.1 Å². The van der Waals surface area contributed by atoms with Gasteiger partial charge in [0.15, 0.2) is 11.5 Å². The van der Waals surface area contributed by atoms with Gasteiger partial charge in [0, 0.05) is 29.8 Å². The molecular formula is C18H17BrN2O4. The number of hydrogen-bond acceptors (Lipinski definition) is 4. The van der Waals surface area contributed by atoms with Crippen LogP contribution in [0.15, 0.2) is 34.8 Å². The summed E-state index contributed by atoms with van der Waals surface area (Å²) in [7, 11) is 3.07. The van der Waals surface area contributed by atoms with Gasteiger partial charge in [0.25, 0.3) is 5.91 Å². The van der Waals surface area contributed by atoms with Crippen molar-refractivity contribution in [3.05, 3.63) is 57.1 Å². The molecule has 3 rings (SSSR count). The summed E-state index contributed by atoms with van der Waals surface area (Å²) in [6.45, 7) is 0.700. The Morgan fingerprint density at radius 1 is 1.28 bits per heavy atom. The first kappa shape index (κ1) is 17.3. The number of ether oxygens (including phenoxy) is 2. The quantitative estimate of drug-likeness (QED) is 0.830. The lowest BCUT2D eigenvalue weighted by Crippen LogP contribution is -2.25. The molecule has 0 radical (unpaired) electrons. The third kappa shape index (κ3) is 2.95. The van der Waals surface area contributed by atoms with E-state index in [0.717, 1.165) is 5.56 Å². The molecule has 0 aliphatic carbocycles. The fourth-order valence-electron chi connectivity index (χ4n) is 3.00. The zero-order valence-corrected chi connectivity index (χ0v) is 15.4. The number of carbonyl (C=O) groups is 2. The van der Waals surface area contributed by atoms with Crippen LogP contribution >= 0.6 is 15.9 Å². The molecule has 2 N–H and O–H groups in total. The van der Waals surface area contributed by atoms with Gasteiger partial charge in [-0.3, -0.25) is 9.59 Å². The van der Waals surface area contributed by atoms with Crippen LogP contribution in [0.3, 0.4) is 0 Å². The summed E-state index contributed by atoms with van der Waals surface area (Å²) < 4.78 is 11.4. The van der Waals surface area contributed by atoms with Crippen molar-refractivity contribution >= 4 is 27.7 Å². The molecule has 1 aliphatic rings. The second-order valence-electron chi connectivity index (χ2n) is 5.63. The number of primary amides is 1. The normalized spacial score (nSPS) is 12.9. The van der Waals surface area contributed by atoms with Crippen LogP contribution in [0.5, 0.6) is 11.5 Å². The summed E-state index contributed by atoms with van der Waals surface area (Å²) in [5.41, 5.74) is 7.94. The Labute approximate surface area is 153 Å². The molecule has 2 aromatic carbocycles. The van der Waals surface area contributed by atoms with E-state index in [-0.39, 0.29) is 5.91 Å². The molecule has 2 amide bonds. The fourth-order valence-corrected chi connectivity index (χ4v) is 3.70. The molecule has 0 atom stereocenters. The Morgan fingerprint density at radius 2 is 2.00 bits per heavy atom. The SMILES string of the molecule is COc1cc2c(c(Br)c1OC)CN(Cc1ccccc1C(N)=O)C2=O. The van der Waals surface area contributed by atoms with E-state index in [2.05, 4.69) is 15.9 Å². The number of methoxy groups -OCH3 is 2. The molecule has 0 spiro atoms. The van der Waals surface area contributed by atoms with Crippen LogP contribution in [0.2, 0.25) is 0 Å². The molecule has 1 heterocycles. The van der Waals surface area contributed by atoms with Crippen LogP contribution in [-0.2, 0) is 13.1 Å². The van der Waals surface area contributed by atoms with Gasteiger partial charge in [-0.2, -0.15) is 0 Å². The van der Waals surface area contributed by atoms with Gasteiger partial charge in [-0.05, 0) is 33.6 Å². The maximum atomic E-state index is 12.8. The number of carbonyl (C=O) groups excluding carboxylic acids is 2. The van der Waals surface area contributed by atoms with E-state index in [4.69, 9.17) is 15.2 Å². The third-order valence-corrected chi connectivity index (χ3v) is 5.06. The summed E-state index contributed by atoms with van der Waals surface area (Å²) in [5.74, 6) is 0.398. The van der Waals surface area contributed by atoms with Gasteiger partial charge in [-0.15, -0.1) is 0 Å². The number of benzene rings is 2. The standard InChI is InChI=1S/C18H17BrN2O4/c1-24-14-7-12-13(15(19)16(14)25-2)9-21(18(12)23)8-10-5-3-4-6-11(10)17(20)22/h3-7H,8-9H2,1-2H3,(H2,20,22). The van der Waals surface area contributed by atoms with Crippen molar-refractivity contribution in [1.29, 1.82) is 0 Å². The second-order valence-corrected chi connectivity index (χ2v) is 6.43. The van der Waals surface area contributed by atoms with E-state index in [1.54, 1.807) is 36.3 Å². The molecule has 0 saturated heterocycles. The van der Waals surface area contributed by atoms with E-state index in [1.165, 1.54) is 7.11 Å². The van der Waals surface area contributed by atoms with E-state index in [9.17, 15) is 9.59 Å². The first-order chi connectivity index (χ1) is 12.0. The number of nitrogens with zero attached hydrogens (tertiary/aromatic N) is 1. The molecule has 0 aromatic heterocycles. The van der Waals surface area contributed by atoms with Crippen molar-refractivity contribution < 1.29 is 19.1 Å². The highest BCUT2D eigenvalue weighted by Crippen LogP contribution is 2.43. The van der Waals surface area contributed by atoms with Crippen molar-refractivity contribution in [3.8, 4) is 11.5 Å². The minimum Gasteiger partial charge on any atom is -0.493 e. The first-order valence-electron chi connectivity index (χ1n) is 7.58. The largest absolute Gasteiger partial charge is 0.493 e. The summed E-state index contributed by atoms with van der Waals surface area (Å²) >= 11 is 3.50. The van der Waals surface area contributed by atoms with Gasteiger partial charge in [0.2, 0.25) is 5.91 Å². The van der Waals surface area contributed by atoms with Crippen molar-refractivity contribution in [2.75, 3.05) is 14.2 Å². The Bertz CT molecular complexity index is 866. The zero-order chi connectivity index (χ0) is 18.1. The Kier molecular flexibility index (Phi) is 4.67. The number of nitrogens with two attached hydrogens (primary N) is 1. The summed E-state index contributed by atoms with van der Waals surface area (Å²) in [4.78, 5) is 26.1. The summed E-state index contributed by atoms with van der Waals surface area (Å²) in [6.07, 6.45) is 0. The Hall–Kier alpha value is -2.54. The topological polar surface area (TPSA) is 81.9 Å². The second kappa shape index (κ2) is 6.76. The lowest BCUT2D eigenvalue weighted by molar-refractivity contribution is 0.0764. The molecule has 0 fully saturated rings. The van der Waals surface area contributed by atoms with Crippen LogP contribution < -0.4 is 15.2 Å². The van der Waals surface area contributed by atoms with Gasteiger partial charge in [0.1, 0.15) is 0 Å². The number of fused-ring (bicyclic) bond motifs is 1. The van der Waals surface area contributed by atoms with Crippen LogP contribution in [0.4, 0.5) is 0 Å². The van der Waals surface area contributed by atoms with Crippen molar-refractivity contribution in [2.45, 2.75) is 13.1 Å². The molecule has 25 heavy (non-hydrogen) atoms. The summed E-state index contributed by atoms with van der Waals surface area (Å²) in [5, 5.41) is 0. The molecule has 7 heteroatoms. The molecule has 0 saturated carbocycles. The molecular weight excluding hydrogens is 388 g/mol. The molecule has 2 aromatic rings. The van der Waals surface area contributed by atoms with Crippen molar-refractivity contribution in [1.82, 2.24) is 4.90 Å². The van der Waals surface area contributed by atoms with Crippen molar-refractivity contribution in [3.63, 3.8) is 0 Å². The van der Waals surface area contributed by atoms with Crippen LogP contribution in [0.25, 0.3) is 0 Å². The van der Waals surface area contributed by atoms with E-state index < -0.39 is 5.91 Å². The van der Waals surface area contributed by atoms with Crippen LogP contribution in [0.1, 0.15) is 31.8 Å². The van der Waals surface area contributed by atoms with E-state index in [1.807, 2.05) is 6.07 Å². The highest BCUT2D eigenvalue weighted by Gasteiger charge is 2.32. The predicted molar refractivity (Wildman–Crippen MR) is 95.8 cm³/mol. The number of amides is 2. The molecule has 0 unspecified atom stereocenters. The minimum atomic E-state index is -0.510. The highest BCUT2D eigenvalue weighted by molar-refractivity contribution is 9.10. The van der Waals surface area contributed by atoms with E-state index in [0.29, 0.717) is 45.8 Å². The number of halogens is 1. The lowest BCUT2D eigenvalue weighted by atomic mass is 10.1. The first-order valence-corrected chi connectivity index (χ1v) is 8.37. The molecule has 6 nitrogen and oxygen atoms in total. The number of hydrogen-bond donors (Lipinski definition) is 1. The highest BCUT2D eigenvalue weighted by atomic mass is 79.9. The monoisotopic (exact) mass is 404 g/mol. The average molecular weight is 405 g/mol. The molecule has 1 aliphatic heterocycles. The maximum Gasteiger partial charge on any atom is 0.254 e. The Balaban J connectivity index is 1.96. The third-order valence-electron chi connectivity index (χ3n) is 4.22. The zero-order valence-electron chi connectivity index (χ0n) is 13.8. The maximum absolute atomic E-state index is 12.8. The van der Waals surface area contributed by atoms with Crippen LogP contribution in [-0.4, -0.2) is 30.9 Å². The Morgan fingerprint density at radius 3 is 2.64 bits per heavy atom. The predicted octanol–water partition coefficient (Wildman–Crippen LogP) is 2.72. The van der Waals surface area contributed by atoms with Gasteiger partial charge in [0.05, 0.1) is 18.7 Å². The van der Waals surface area contributed by atoms with Gasteiger partial charge >= 0.3 is 0 Å². The average Bonchev–Trinajstić information content (AvgIpc) is 2.91. The smallest absolute Gasteiger partial charge is 0.254 e. The number of rotatable bonds is 5. The van der Waals surface area contributed by atoms with Gasteiger partial charge in [-0.1, -0.05) is 18.2 Å². The van der Waals surface area contributed by atoms with E-state index >= 15 is 0 Å². The van der Waals surface area contributed by atoms with Gasteiger partial charge in [-0.25, -0.2) is 0 Å².